The summed E-state index contributed by atoms with van der Waals surface area (Å²) in [5.41, 5.74) is 4.18. The largest absolute Gasteiger partial charge is 0.496 e. The third-order valence-corrected chi connectivity index (χ3v) is 3.18. The number of rotatable bonds is 4. The van der Waals surface area contributed by atoms with Crippen LogP contribution in [-0.4, -0.2) is 22.3 Å². The topological polar surface area (TPSA) is 50.8 Å². The third kappa shape index (κ3) is 2.54. The van der Waals surface area contributed by atoms with Gasteiger partial charge in [-0.15, -0.1) is 0 Å². The van der Waals surface area contributed by atoms with Crippen molar-refractivity contribution in [3.63, 3.8) is 0 Å². The molecule has 4 nitrogen and oxygen atoms in total. The summed E-state index contributed by atoms with van der Waals surface area (Å²) in [7, 11) is 1.69. The van der Waals surface area contributed by atoms with Crippen LogP contribution >= 0.6 is 0 Å². The van der Waals surface area contributed by atoms with Gasteiger partial charge < -0.3 is 4.74 Å². The van der Waals surface area contributed by atoms with E-state index >= 15 is 0 Å². The van der Waals surface area contributed by atoms with Gasteiger partial charge >= 0.3 is 0 Å². The fraction of sp³-hybridized carbons (Fsp3) is 0.125. The highest BCUT2D eigenvalue weighted by atomic mass is 16.5. The standard InChI is InChI=1S/C16H15N3O/c1-20-16-5-3-2-4-13(16)10-14-11-15(19-18-14)12-6-8-17-9-7-12/h2-9,11H,10H2,1H3,(H,18,19). The summed E-state index contributed by atoms with van der Waals surface area (Å²) < 4.78 is 5.37. The molecule has 3 aromatic rings. The molecule has 2 aromatic heterocycles. The first-order chi connectivity index (χ1) is 9.86. The van der Waals surface area contributed by atoms with Gasteiger partial charge in [0.05, 0.1) is 12.8 Å². The second-order valence-electron chi connectivity index (χ2n) is 4.50. The Morgan fingerprint density at radius 2 is 1.90 bits per heavy atom. The summed E-state index contributed by atoms with van der Waals surface area (Å²) in [5, 5.41) is 7.42. The van der Waals surface area contributed by atoms with E-state index in [0.29, 0.717) is 0 Å². The molecule has 1 N–H and O–H groups in total. The Balaban J connectivity index is 1.84. The molecule has 4 heteroatoms. The molecule has 2 heterocycles. The Morgan fingerprint density at radius 3 is 2.70 bits per heavy atom. The van der Waals surface area contributed by atoms with Gasteiger partial charge in [0.2, 0.25) is 0 Å². The molecule has 0 atom stereocenters. The van der Waals surface area contributed by atoms with Crippen LogP contribution in [0, 0.1) is 0 Å². The average Bonchev–Trinajstić information content (AvgIpc) is 2.97. The number of pyridine rings is 1. The fourth-order valence-electron chi connectivity index (χ4n) is 2.18. The van der Waals surface area contributed by atoms with Crippen LogP contribution in [0.25, 0.3) is 11.3 Å². The highest BCUT2D eigenvalue weighted by molar-refractivity contribution is 5.58. The van der Waals surface area contributed by atoms with Gasteiger partial charge in [0.1, 0.15) is 5.75 Å². The predicted molar refractivity (Wildman–Crippen MR) is 77.6 cm³/mol. The number of hydrogen-bond acceptors (Lipinski definition) is 3. The van der Waals surface area contributed by atoms with E-state index < -0.39 is 0 Å². The van der Waals surface area contributed by atoms with Crippen molar-refractivity contribution in [1.82, 2.24) is 15.2 Å². The molecule has 100 valence electrons. The van der Waals surface area contributed by atoms with Crippen LogP contribution in [0.15, 0.2) is 54.9 Å². The number of nitrogens with zero attached hydrogens (tertiary/aromatic N) is 2. The quantitative estimate of drug-likeness (QED) is 0.788. The number of benzene rings is 1. The summed E-state index contributed by atoms with van der Waals surface area (Å²) >= 11 is 0. The van der Waals surface area contributed by atoms with Crippen molar-refractivity contribution in [2.45, 2.75) is 6.42 Å². The lowest BCUT2D eigenvalue weighted by Gasteiger charge is -2.06. The molecule has 0 unspecified atom stereocenters. The van der Waals surface area contributed by atoms with Gasteiger partial charge in [-0.25, -0.2) is 0 Å². The maximum Gasteiger partial charge on any atom is 0.122 e. The second kappa shape index (κ2) is 5.57. The van der Waals surface area contributed by atoms with Crippen LogP contribution < -0.4 is 4.74 Å². The fourth-order valence-corrected chi connectivity index (χ4v) is 2.18. The summed E-state index contributed by atoms with van der Waals surface area (Å²) in [6.45, 7) is 0. The van der Waals surface area contributed by atoms with Crippen molar-refractivity contribution in [3.8, 4) is 17.0 Å². The van der Waals surface area contributed by atoms with Crippen molar-refractivity contribution < 1.29 is 4.74 Å². The van der Waals surface area contributed by atoms with Gasteiger partial charge in [-0.2, -0.15) is 5.10 Å². The first-order valence-electron chi connectivity index (χ1n) is 6.43. The Labute approximate surface area is 117 Å². The van der Waals surface area contributed by atoms with Crippen LogP contribution in [0.5, 0.6) is 5.75 Å². The lowest BCUT2D eigenvalue weighted by atomic mass is 10.1. The van der Waals surface area contributed by atoms with E-state index in [-0.39, 0.29) is 0 Å². The van der Waals surface area contributed by atoms with Crippen LogP contribution in [0.1, 0.15) is 11.3 Å². The normalized spacial score (nSPS) is 10.4. The number of aromatic amines is 1. The predicted octanol–water partition coefficient (Wildman–Crippen LogP) is 3.07. The van der Waals surface area contributed by atoms with Crippen molar-refractivity contribution in [1.29, 1.82) is 0 Å². The molecule has 0 saturated carbocycles. The summed E-state index contributed by atoms with van der Waals surface area (Å²) in [6, 6.07) is 14.0. The van der Waals surface area contributed by atoms with Gasteiger partial charge in [0, 0.05) is 35.6 Å². The van der Waals surface area contributed by atoms with Gasteiger partial charge in [-0.1, -0.05) is 18.2 Å². The molecule has 0 aliphatic carbocycles. The lowest BCUT2D eigenvalue weighted by Crippen LogP contribution is -1.93. The number of aromatic nitrogens is 3. The minimum Gasteiger partial charge on any atom is -0.496 e. The van der Waals surface area contributed by atoms with E-state index in [4.69, 9.17) is 4.74 Å². The van der Waals surface area contributed by atoms with Gasteiger partial charge in [-0.3, -0.25) is 10.1 Å². The Hall–Kier alpha value is -2.62. The smallest absolute Gasteiger partial charge is 0.122 e. The zero-order valence-corrected chi connectivity index (χ0v) is 11.2. The van der Waals surface area contributed by atoms with Gasteiger partial charge in [-0.05, 0) is 24.3 Å². The second-order valence-corrected chi connectivity index (χ2v) is 4.50. The minimum absolute atomic E-state index is 0.766. The van der Waals surface area contributed by atoms with E-state index in [0.717, 1.165) is 34.7 Å². The molecule has 0 aliphatic rings. The molecule has 0 fully saturated rings. The lowest BCUT2D eigenvalue weighted by molar-refractivity contribution is 0.410. The first kappa shape index (κ1) is 12.4. The monoisotopic (exact) mass is 265 g/mol. The van der Waals surface area contributed by atoms with Crippen molar-refractivity contribution >= 4 is 0 Å². The molecular formula is C16H15N3O. The summed E-state index contributed by atoms with van der Waals surface area (Å²) in [5.74, 6) is 0.896. The zero-order valence-electron chi connectivity index (χ0n) is 11.2. The van der Waals surface area contributed by atoms with Gasteiger partial charge in [0.25, 0.3) is 0 Å². The number of hydrogen-bond donors (Lipinski definition) is 1. The van der Waals surface area contributed by atoms with E-state index in [2.05, 4.69) is 27.3 Å². The SMILES string of the molecule is COc1ccccc1Cc1cc(-c2ccncc2)n[nH]1. The molecule has 0 radical (unpaired) electrons. The summed E-state index contributed by atoms with van der Waals surface area (Å²) in [4.78, 5) is 4.01. The zero-order chi connectivity index (χ0) is 13.8. The molecular weight excluding hydrogens is 250 g/mol. The average molecular weight is 265 g/mol. The Bertz CT molecular complexity index is 692. The first-order valence-corrected chi connectivity index (χ1v) is 6.43. The number of H-pyrrole nitrogens is 1. The molecule has 0 amide bonds. The highest BCUT2D eigenvalue weighted by Crippen LogP contribution is 2.22. The molecule has 0 spiro atoms. The van der Waals surface area contributed by atoms with E-state index in [1.165, 1.54) is 0 Å². The maximum atomic E-state index is 5.37. The summed E-state index contributed by atoms with van der Waals surface area (Å²) in [6.07, 6.45) is 4.30. The highest BCUT2D eigenvalue weighted by Gasteiger charge is 2.07. The molecule has 0 aliphatic heterocycles. The number of para-hydroxylation sites is 1. The van der Waals surface area contributed by atoms with Crippen LogP contribution in [-0.2, 0) is 6.42 Å². The van der Waals surface area contributed by atoms with Crippen molar-refractivity contribution in [3.05, 3.63) is 66.1 Å². The third-order valence-electron chi connectivity index (χ3n) is 3.18. The maximum absolute atomic E-state index is 5.37. The Kier molecular flexibility index (Phi) is 3.46. The Morgan fingerprint density at radius 1 is 1.10 bits per heavy atom. The van der Waals surface area contributed by atoms with E-state index in [1.807, 2.05) is 30.3 Å². The molecule has 0 bridgehead atoms. The number of methoxy groups -OCH3 is 1. The van der Waals surface area contributed by atoms with E-state index in [1.54, 1.807) is 19.5 Å². The molecule has 1 aromatic carbocycles. The van der Waals surface area contributed by atoms with Crippen LogP contribution in [0.2, 0.25) is 0 Å². The number of nitrogens with one attached hydrogen (secondary N) is 1. The van der Waals surface area contributed by atoms with Crippen LogP contribution in [0.3, 0.4) is 0 Å². The molecule has 3 rings (SSSR count). The number of ether oxygens (including phenoxy) is 1. The van der Waals surface area contributed by atoms with Gasteiger partial charge in [0.15, 0.2) is 0 Å². The van der Waals surface area contributed by atoms with Crippen molar-refractivity contribution in [2.75, 3.05) is 7.11 Å². The van der Waals surface area contributed by atoms with E-state index in [9.17, 15) is 0 Å². The van der Waals surface area contributed by atoms with Crippen molar-refractivity contribution in [2.24, 2.45) is 0 Å². The minimum atomic E-state index is 0.766. The molecule has 0 saturated heterocycles. The molecule has 20 heavy (non-hydrogen) atoms. The van der Waals surface area contributed by atoms with Crippen LogP contribution in [0.4, 0.5) is 0 Å².